The van der Waals surface area contributed by atoms with E-state index in [9.17, 15) is 4.39 Å². The Morgan fingerprint density at radius 2 is 1.91 bits per heavy atom. The first-order valence-corrected chi connectivity index (χ1v) is 8.20. The molecular formula is C18H24FN3O. The number of piperidine rings is 1. The second kappa shape index (κ2) is 7.23. The fourth-order valence-electron chi connectivity index (χ4n) is 3.06. The van der Waals surface area contributed by atoms with Crippen LogP contribution in [0.3, 0.4) is 0 Å². The van der Waals surface area contributed by atoms with E-state index in [0.717, 1.165) is 49.4 Å². The molecule has 1 aromatic heterocycles. The molecular weight excluding hydrogens is 293 g/mol. The maximum absolute atomic E-state index is 12.9. The van der Waals surface area contributed by atoms with E-state index in [2.05, 4.69) is 28.9 Å². The summed E-state index contributed by atoms with van der Waals surface area (Å²) in [7, 11) is 0. The lowest BCUT2D eigenvalue weighted by Gasteiger charge is -2.32. The molecule has 0 saturated carbocycles. The number of aromatic nitrogens is 2. The smallest absolute Gasteiger partial charge is 0.123 e. The molecule has 5 heteroatoms. The van der Waals surface area contributed by atoms with Crippen LogP contribution in [0.15, 0.2) is 24.3 Å². The highest BCUT2D eigenvalue weighted by Crippen LogP contribution is 2.19. The Kier molecular flexibility index (Phi) is 5.08. The van der Waals surface area contributed by atoms with Crippen LogP contribution < -0.4 is 0 Å². The van der Waals surface area contributed by atoms with Gasteiger partial charge in [0.15, 0.2) is 0 Å². The van der Waals surface area contributed by atoms with Crippen LogP contribution in [0.25, 0.3) is 0 Å². The van der Waals surface area contributed by atoms with Gasteiger partial charge < -0.3 is 4.74 Å². The van der Waals surface area contributed by atoms with Crippen molar-refractivity contribution in [3.8, 4) is 0 Å². The maximum Gasteiger partial charge on any atom is 0.123 e. The summed E-state index contributed by atoms with van der Waals surface area (Å²) in [5.41, 5.74) is 4.60. The molecule has 124 valence electrons. The molecule has 23 heavy (non-hydrogen) atoms. The summed E-state index contributed by atoms with van der Waals surface area (Å²) in [4.78, 5) is 2.46. The van der Waals surface area contributed by atoms with Crippen LogP contribution in [0.5, 0.6) is 0 Å². The van der Waals surface area contributed by atoms with E-state index in [0.29, 0.717) is 12.7 Å². The van der Waals surface area contributed by atoms with Gasteiger partial charge in [-0.2, -0.15) is 5.10 Å². The monoisotopic (exact) mass is 317 g/mol. The van der Waals surface area contributed by atoms with Crippen molar-refractivity contribution < 1.29 is 9.13 Å². The van der Waals surface area contributed by atoms with E-state index >= 15 is 0 Å². The number of halogens is 1. The SMILES string of the molecule is Cc1n[nH]c(C)c1CN1CCC(OCc2ccc(F)cc2)CC1. The van der Waals surface area contributed by atoms with E-state index in [1.54, 1.807) is 12.1 Å². The van der Waals surface area contributed by atoms with Crippen molar-refractivity contribution in [3.05, 3.63) is 52.6 Å². The Bertz CT molecular complexity index is 611. The zero-order valence-electron chi connectivity index (χ0n) is 13.8. The number of aromatic amines is 1. The maximum atomic E-state index is 12.9. The topological polar surface area (TPSA) is 41.2 Å². The first kappa shape index (κ1) is 16.1. The molecule has 1 aliphatic rings. The van der Waals surface area contributed by atoms with E-state index in [-0.39, 0.29) is 5.82 Å². The minimum Gasteiger partial charge on any atom is -0.373 e. The molecule has 0 atom stereocenters. The van der Waals surface area contributed by atoms with Gasteiger partial charge in [-0.15, -0.1) is 0 Å². The molecule has 2 aromatic rings. The van der Waals surface area contributed by atoms with Crippen molar-refractivity contribution in [2.45, 2.75) is 45.9 Å². The van der Waals surface area contributed by atoms with Gasteiger partial charge in [-0.1, -0.05) is 12.1 Å². The number of H-pyrrole nitrogens is 1. The van der Waals surface area contributed by atoms with Gasteiger partial charge in [-0.05, 0) is 44.4 Å². The van der Waals surface area contributed by atoms with Gasteiger partial charge in [-0.25, -0.2) is 4.39 Å². The van der Waals surface area contributed by atoms with Crippen LogP contribution in [0, 0.1) is 19.7 Å². The summed E-state index contributed by atoms with van der Waals surface area (Å²) < 4.78 is 18.9. The molecule has 1 aromatic carbocycles. The Balaban J connectivity index is 1.44. The number of nitrogens with zero attached hydrogens (tertiary/aromatic N) is 2. The molecule has 1 aliphatic heterocycles. The zero-order chi connectivity index (χ0) is 16.2. The summed E-state index contributed by atoms with van der Waals surface area (Å²) in [5.74, 6) is -0.202. The van der Waals surface area contributed by atoms with Crippen LogP contribution >= 0.6 is 0 Å². The average molecular weight is 317 g/mol. The number of aryl methyl sites for hydroxylation is 2. The average Bonchev–Trinajstić information content (AvgIpc) is 2.88. The molecule has 0 radical (unpaired) electrons. The third kappa shape index (κ3) is 4.18. The highest BCUT2D eigenvalue weighted by atomic mass is 19.1. The molecule has 0 bridgehead atoms. The van der Waals surface area contributed by atoms with Crippen LogP contribution in [0.1, 0.15) is 35.4 Å². The fourth-order valence-corrected chi connectivity index (χ4v) is 3.06. The number of hydrogen-bond donors (Lipinski definition) is 1. The van der Waals surface area contributed by atoms with E-state index in [1.807, 2.05) is 0 Å². The number of benzene rings is 1. The van der Waals surface area contributed by atoms with E-state index in [4.69, 9.17) is 4.74 Å². The largest absolute Gasteiger partial charge is 0.373 e. The quantitative estimate of drug-likeness (QED) is 0.919. The number of rotatable bonds is 5. The highest BCUT2D eigenvalue weighted by molar-refractivity contribution is 5.23. The Morgan fingerprint density at radius 1 is 1.22 bits per heavy atom. The Labute approximate surface area is 136 Å². The van der Waals surface area contributed by atoms with E-state index < -0.39 is 0 Å². The molecule has 2 heterocycles. The number of hydrogen-bond acceptors (Lipinski definition) is 3. The van der Waals surface area contributed by atoms with Crippen molar-refractivity contribution in [2.24, 2.45) is 0 Å². The van der Waals surface area contributed by atoms with Gasteiger partial charge in [0.05, 0.1) is 18.4 Å². The molecule has 0 unspecified atom stereocenters. The number of ether oxygens (including phenoxy) is 1. The molecule has 3 rings (SSSR count). The van der Waals surface area contributed by atoms with Crippen molar-refractivity contribution in [1.29, 1.82) is 0 Å². The molecule has 0 amide bonds. The Morgan fingerprint density at radius 3 is 2.52 bits per heavy atom. The minimum absolute atomic E-state index is 0.202. The third-order valence-corrected chi connectivity index (χ3v) is 4.60. The Hall–Kier alpha value is -1.72. The van der Waals surface area contributed by atoms with E-state index in [1.165, 1.54) is 17.7 Å². The van der Waals surface area contributed by atoms with Crippen molar-refractivity contribution in [2.75, 3.05) is 13.1 Å². The first-order chi connectivity index (χ1) is 11.1. The van der Waals surface area contributed by atoms with Crippen molar-refractivity contribution in [1.82, 2.24) is 15.1 Å². The molecule has 1 saturated heterocycles. The summed E-state index contributed by atoms with van der Waals surface area (Å²) in [6.45, 7) is 7.73. The van der Waals surface area contributed by atoms with Crippen LogP contribution in [-0.4, -0.2) is 34.3 Å². The van der Waals surface area contributed by atoms with Gasteiger partial charge in [0.1, 0.15) is 5.82 Å². The molecule has 4 nitrogen and oxygen atoms in total. The predicted molar refractivity (Wildman–Crippen MR) is 87.5 cm³/mol. The molecule has 0 aliphatic carbocycles. The predicted octanol–water partition coefficient (Wildman–Crippen LogP) is 3.35. The van der Waals surface area contributed by atoms with Gasteiger partial charge in [0.2, 0.25) is 0 Å². The highest BCUT2D eigenvalue weighted by Gasteiger charge is 2.21. The summed E-state index contributed by atoms with van der Waals surface area (Å²) in [6.07, 6.45) is 2.37. The second-order valence-electron chi connectivity index (χ2n) is 6.33. The molecule has 1 fully saturated rings. The van der Waals surface area contributed by atoms with Crippen LogP contribution in [0.4, 0.5) is 4.39 Å². The summed E-state index contributed by atoms with van der Waals surface area (Å²) in [6, 6.07) is 6.54. The fraction of sp³-hybridized carbons (Fsp3) is 0.500. The zero-order valence-corrected chi connectivity index (χ0v) is 13.8. The lowest BCUT2D eigenvalue weighted by atomic mass is 10.1. The van der Waals surface area contributed by atoms with Gasteiger partial charge in [-0.3, -0.25) is 10.00 Å². The first-order valence-electron chi connectivity index (χ1n) is 8.20. The molecule has 0 spiro atoms. The lowest BCUT2D eigenvalue weighted by Crippen LogP contribution is -2.36. The summed E-state index contributed by atoms with van der Waals surface area (Å²) >= 11 is 0. The normalized spacial score (nSPS) is 16.8. The number of nitrogens with one attached hydrogen (secondary N) is 1. The van der Waals surface area contributed by atoms with Crippen molar-refractivity contribution >= 4 is 0 Å². The van der Waals surface area contributed by atoms with Crippen LogP contribution in [0.2, 0.25) is 0 Å². The second-order valence-corrected chi connectivity index (χ2v) is 6.33. The van der Waals surface area contributed by atoms with Gasteiger partial charge in [0.25, 0.3) is 0 Å². The van der Waals surface area contributed by atoms with Gasteiger partial charge >= 0.3 is 0 Å². The minimum atomic E-state index is -0.202. The van der Waals surface area contributed by atoms with Crippen LogP contribution in [-0.2, 0) is 17.9 Å². The molecule has 1 N–H and O–H groups in total. The standard InChI is InChI=1S/C18H24FN3O/c1-13-18(14(2)21-20-13)11-22-9-7-17(8-10-22)23-12-15-3-5-16(19)6-4-15/h3-6,17H,7-12H2,1-2H3,(H,20,21). The number of likely N-dealkylation sites (tertiary alicyclic amines) is 1. The lowest BCUT2D eigenvalue weighted by molar-refractivity contribution is -0.00400. The van der Waals surface area contributed by atoms with Gasteiger partial charge in [0, 0.05) is 30.9 Å². The third-order valence-electron chi connectivity index (χ3n) is 4.60. The summed E-state index contributed by atoms with van der Waals surface area (Å²) in [5, 5.41) is 7.31. The van der Waals surface area contributed by atoms with Crippen molar-refractivity contribution in [3.63, 3.8) is 0 Å².